The number of amides is 3. The van der Waals surface area contributed by atoms with Crippen molar-refractivity contribution in [3.8, 4) is 5.75 Å². The molecule has 0 aliphatic rings. The van der Waals surface area contributed by atoms with Crippen molar-refractivity contribution in [3.63, 3.8) is 0 Å². The number of benzene rings is 2. The van der Waals surface area contributed by atoms with Crippen LogP contribution < -0.4 is 20.8 Å². The first kappa shape index (κ1) is 23.8. The number of carbonyl (C=O) groups is 3. The van der Waals surface area contributed by atoms with Crippen LogP contribution in [0, 0.1) is 0 Å². The number of hydrogen-bond donors (Lipinski definition) is 3. The van der Waals surface area contributed by atoms with E-state index in [9.17, 15) is 14.4 Å². The zero-order chi connectivity index (χ0) is 22.5. The number of carbonyl (C=O) groups excluding carboxylic acids is 3. The summed E-state index contributed by atoms with van der Waals surface area (Å²) in [7, 11) is 1.56. The van der Waals surface area contributed by atoms with Crippen LogP contribution in [0.2, 0.25) is 5.02 Å². The minimum Gasteiger partial charge on any atom is -0.484 e. The molecule has 2 aromatic carbocycles. The number of nitrogens with one attached hydrogen (secondary N) is 3. The lowest BCUT2D eigenvalue weighted by Gasteiger charge is -2.08. The summed E-state index contributed by atoms with van der Waals surface area (Å²) in [5.41, 5.74) is 3.32. The Morgan fingerprint density at radius 3 is 2.52 bits per heavy atom. The van der Waals surface area contributed by atoms with Crippen molar-refractivity contribution < 1.29 is 23.9 Å². The quantitative estimate of drug-likeness (QED) is 0.223. The Balaban J connectivity index is 1.73. The van der Waals surface area contributed by atoms with E-state index >= 15 is 0 Å². The van der Waals surface area contributed by atoms with E-state index in [1.54, 1.807) is 55.6 Å². The summed E-state index contributed by atoms with van der Waals surface area (Å²) in [4.78, 5) is 35.1. The maximum absolute atomic E-state index is 12.0. The molecule has 2 rings (SSSR count). The van der Waals surface area contributed by atoms with Crippen LogP contribution in [0.4, 0.5) is 5.69 Å². The second-order valence-electron chi connectivity index (χ2n) is 6.19. The molecule has 9 nitrogen and oxygen atoms in total. The van der Waals surface area contributed by atoms with Crippen molar-refractivity contribution in [3.05, 3.63) is 59.1 Å². The Kier molecular flexibility index (Phi) is 9.99. The molecule has 0 atom stereocenters. The standard InChI is InChI=1S/C21H23ClN4O5/c1-30-12-4-11-23-20(28)21(29)26-24-13-15-7-9-16(10-8-15)31-14-19(27)25-18-6-3-2-5-17(18)22/h2-3,5-10,13H,4,11-12,14H2,1H3,(H,23,28)(H,25,27)(H,26,29)/b24-13+. The summed E-state index contributed by atoms with van der Waals surface area (Å²) in [6, 6.07) is 13.6. The minimum absolute atomic E-state index is 0.186. The van der Waals surface area contributed by atoms with Crippen LogP contribution in [0.25, 0.3) is 0 Å². The molecule has 0 unspecified atom stereocenters. The van der Waals surface area contributed by atoms with Crippen molar-refractivity contribution in [2.24, 2.45) is 5.10 Å². The van der Waals surface area contributed by atoms with Crippen molar-refractivity contribution in [1.29, 1.82) is 0 Å². The first-order chi connectivity index (χ1) is 15.0. The summed E-state index contributed by atoms with van der Waals surface area (Å²) in [5, 5.41) is 9.29. The maximum atomic E-state index is 12.0. The van der Waals surface area contributed by atoms with E-state index in [0.29, 0.717) is 41.6 Å². The van der Waals surface area contributed by atoms with Crippen LogP contribution >= 0.6 is 11.6 Å². The van der Waals surface area contributed by atoms with Gasteiger partial charge in [-0.05, 0) is 48.4 Å². The third-order valence-corrected chi connectivity index (χ3v) is 4.12. The van der Waals surface area contributed by atoms with E-state index < -0.39 is 11.8 Å². The van der Waals surface area contributed by atoms with E-state index in [1.807, 2.05) is 0 Å². The van der Waals surface area contributed by atoms with Crippen LogP contribution in [0.5, 0.6) is 5.75 Å². The fourth-order valence-electron chi connectivity index (χ4n) is 2.26. The predicted molar refractivity (Wildman–Crippen MR) is 117 cm³/mol. The molecule has 10 heteroatoms. The van der Waals surface area contributed by atoms with Gasteiger partial charge in [0.15, 0.2) is 6.61 Å². The molecule has 3 N–H and O–H groups in total. The minimum atomic E-state index is -0.863. The molecule has 0 aromatic heterocycles. The normalized spacial score (nSPS) is 10.5. The molecular formula is C21H23ClN4O5. The molecule has 0 aliphatic carbocycles. The Labute approximate surface area is 184 Å². The molecule has 31 heavy (non-hydrogen) atoms. The van der Waals surface area contributed by atoms with E-state index in [0.717, 1.165) is 0 Å². The van der Waals surface area contributed by atoms with E-state index in [1.165, 1.54) is 6.21 Å². The van der Waals surface area contributed by atoms with Crippen molar-refractivity contribution in [2.75, 3.05) is 32.2 Å². The molecular weight excluding hydrogens is 424 g/mol. The lowest BCUT2D eigenvalue weighted by molar-refractivity contribution is -0.139. The number of hydrazone groups is 1. The first-order valence-electron chi connectivity index (χ1n) is 9.37. The van der Waals surface area contributed by atoms with Crippen molar-refractivity contribution >= 4 is 41.2 Å². The molecule has 0 fully saturated rings. The summed E-state index contributed by atoms with van der Waals surface area (Å²) < 4.78 is 10.3. The second kappa shape index (κ2) is 13.0. The van der Waals surface area contributed by atoms with Gasteiger partial charge in [-0.3, -0.25) is 14.4 Å². The number of para-hydroxylation sites is 1. The van der Waals surface area contributed by atoms with Crippen LogP contribution in [0.3, 0.4) is 0 Å². The Morgan fingerprint density at radius 1 is 1.06 bits per heavy atom. The number of rotatable bonds is 10. The van der Waals surface area contributed by atoms with Crippen LogP contribution in [0.15, 0.2) is 53.6 Å². The number of ether oxygens (including phenoxy) is 2. The first-order valence-corrected chi connectivity index (χ1v) is 9.75. The summed E-state index contributed by atoms with van der Waals surface area (Å²) in [5.74, 6) is -1.50. The molecule has 0 heterocycles. The molecule has 164 valence electrons. The average Bonchev–Trinajstić information content (AvgIpc) is 2.77. The van der Waals surface area contributed by atoms with Gasteiger partial charge in [0.05, 0.1) is 16.9 Å². The number of hydrogen-bond acceptors (Lipinski definition) is 6. The highest BCUT2D eigenvalue weighted by atomic mass is 35.5. The molecule has 0 radical (unpaired) electrons. The SMILES string of the molecule is COCCCNC(=O)C(=O)N/N=C/c1ccc(OCC(=O)Nc2ccccc2Cl)cc1. The largest absolute Gasteiger partial charge is 0.484 e. The van der Waals surface area contributed by atoms with Gasteiger partial charge in [0.25, 0.3) is 5.91 Å². The third kappa shape index (κ3) is 8.85. The second-order valence-corrected chi connectivity index (χ2v) is 6.59. The highest BCUT2D eigenvalue weighted by molar-refractivity contribution is 6.35. The number of methoxy groups -OCH3 is 1. The Bertz CT molecular complexity index is 918. The van der Waals surface area contributed by atoms with Gasteiger partial charge in [0.1, 0.15) is 5.75 Å². The van der Waals surface area contributed by atoms with Gasteiger partial charge < -0.3 is 20.1 Å². The highest BCUT2D eigenvalue weighted by Gasteiger charge is 2.11. The Hall–Kier alpha value is -3.43. The van der Waals surface area contributed by atoms with Gasteiger partial charge in [-0.15, -0.1) is 0 Å². The lowest BCUT2D eigenvalue weighted by Crippen LogP contribution is -2.38. The molecule has 0 spiro atoms. The zero-order valence-electron chi connectivity index (χ0n) is 16.9. The van der Waals surface area contributed by atoms with E-state index in [2.05, 4.69) is 21.2 Å². The van der Waals surface area contributed by atoms with Crippen molar-refractivity contribution in [2.45, 2.75) is 6.42 Å². The summed E-state index contributed by atoms with van der Waals surface area (Å²) in [6.45, 7) is 0.641. The molecule has 0 saturated heterocycles. The summed E-state index contributed by atoms with van der Waals surface area (Å²) >= 11 is 5.99. The van der Waals surface area contributed by atoms with E-state index in [4.69, 9.17) is 21.1 Å². The van der Waals surface area contributed by atoms with Gasteiger partial charge in [0, 0.05) is 20.3 Å². The summed E-state index contributed by atoms with van der Waals surface area (Å²) in [6.07, 6.45) is 1.98. The fourth-order valence-corrected chi connectivity index (χ4v) is 2.45. The third-order valence-electron chi connectivity index (χ3n) is 3.79. The zero-order valence-corrected chi connectivity index (χ0v) is 17.6. The van der Waals surface area contributed by atoms with Crippen LogP contribution in [-0.2, 0) is 19.1 Å². The molecule has 0 aliphatic heterocycles. The van der Waals surface area contributed by atoms with Crippen molar-refractivity contribution in [1.82, 2.24) is 10.7 Å². The van der Waals surface area contributed by atoms with Crippen LogP contribution in [0.1, 0.15) is 12.0 Å². The monoisotopic (exact) mass is 446 g/mol. The number of anilines is 1. The fraction of sp³-hybridized carbons (Fsp3) is 0.238. The number of nitrogens with zero attached hydrogens (tertiary/aromatic N) is 1. The molecule has 0 saturated carbocycles. The molecule has 2 aromatic rings. The van der Waals surface area contributed by atoms with Gasteiger partial charge in [0.2, 0.25) is 0 Å². The van der Waals surface area contributed by atoms with Gasteiger partial charge in [-0.1, -0.05) is 23.7 Å². The number of halogens is 1. The van der Waals surface area contributed by atoms with Gasteiger partial charge in [-0.2, -0.15) is 5.10 Å². The van der Waals surface area contributed by atoms with Crippen LogP contribution in [-0.4, -0.2) is 50.8 Å². The van der Waals surface area contributed by atoms with E-state index in [-0.39, 0.29) is 12.5 Å². The smallest absolute Gasteiger partial charge is 0.329 e. The molecule has 0 bridgehead atoms. The Morgan fingerprint density at radius 2 is 1.81 bits per heavy atom. The maximum Gasteiger partial charge on any atom is 0.329 e. The van der Waals surface area contributed by atoms with Gasteiger partial charge in [-0.25, -0.2) is 5.43 Å². The molecule has 3 amide bonds. The predicted octanol–water partition coefficient (Wildman–Crippen LogP) is 1.96. The highest BCUT2D eigenvalue weighted by Crippen LogP contribution is 2.20. The lowest BCUT2D eigenvalue weighted by atomic mass is 10.2. The topological polar surface area (TPSA) is 118 Å². The van der Waals surface area contributed by atoms with Gasteiger partial charge >= 0.3 is 11.8 Å². The average molecular weight is 447 g/mol.